The van der Waals surface area contributed by atoms with Crippen LogP contribution >= 0.6 is 11.3 Å². The molecule has 0 aromatic carbocycles. The van der Waals surface area contributed by atoms with Gasteiger partial charge in [0.1, 0.15) is 0 Å². The second-order valence-electron chi connectivity index (χ2n) is 6.12. The van der Waals surface area contributed by atoms with Gasteiger partial charge in [-0.1, -0.05) is 27.7 Å². The summed E-state index contributed by atoms with van der Waals surface area (Å²) in [6.07, 6.45) is 2.10. The molecule has 3 nitrogen and oxygen atoms in total. The molecule has 1 rings (SSSR count). The van der Waals surface area contributed by atoms with Crippen LogP contribution in [0.1, 0.15) is 45.3 Å². The minimum Gasteiger partial charge on any atom is -0.410 e. The lowest BCUT2D eigenvalue weighted by molar-refractivity contribution is 0.113. The molecule has 0 fully saturated rings. The molecule has 0 amide bonds. The Bertz CT molecular complexity index is 474. The zero-order valence-corrected chi connectivity index (χ0v) is 16.7. The summed E-state index contributed by atoms with van der Waals surface area (Å²) >= 11 is 1.66. The maximum Gasteiger partial charge on any atom is 0.192 e. The van der Waals surface area contributed by atoms with Crippen molar-refractivity contribution < 1.29 is 9.53 Å². The van der Waals surface area contributed by atoms with Gasteiger partial charge in [-0.2, -0.15) is 0 Å². The first-order valence-corrected chi connectivity index (χ1v) is 11.7. The first-order chi connectivity index (χ1) is 10.4. The lowest BCUT2D eigenvalue weighted by Gasteiger charge is -2.36. The molecule has 22 heavy (non-hydrogen) atoms. The van der Waals surface area contributed by atoms with Crippen molar-refractivity contribution in [2.75, 3.05) is 6.61 Å². The number of aliphatic hydroxyl groups is 1. The summed E-state index contributed by atoms with van der Waals surface area (Å²) < 4.78 is 6.67. The van der Waals surface area contributed by atoms with Gasteiger partial charge in [-0.05, 0) is 43.6 Å². The van der Waals surface area contributed by atoms with Crippen molar-refractivity contribution in [3.63, 3.8) is 0 Å². The van der Waals surface area contributed by atoms with Crippen LogP contribution in [0.25, 0.3) is 6.08 Å². The first kappa shape index (κ1) is 19.6. The molecule has 1 aromatic heterocycles. The van der Waals surface area contributed by atoms with E-state index in [1.165, 1.54) is 5.57 Å². The molecule has 1 N–H and O–H groups in total. The van der Waals surface area contributed by atoms with Crippen LogP contribution in [0.2, 0.25) is 18.1 Å². The summed E-state index contributed by atoms with van der Waals surface area (Å²) in [6, 6.07) is 3.37. The van der Waals surface area contributed by atoms with Crippen LogP contribution < -0.4 is 0 Å². The van der Waals surface area contributed by atoms with Gasteiger partial charge in [0.05, 0.1) is 16.8 Å². The van der Waals surface area contributed by atoms with E-state index < -0.39 is 8.32 Å². The number of aliphatic hydroxyl groups excluding tert-OH is 1. The van der Waals surface area contributed by atoms with E-state index in [9.17, 15) is 5.11 Å². The Hall–Kier alpha value is -0.493. The Balaban J connectivity index is 3.04. The highest BCUT2D eigenvalue weighted by Gasteiger charge is 2.34. The maximum absolute atomic E-state index is 9.63. The summed E-state index contributed by atoms with van der Waals surface area (Å²) in [5.74, 6) is 0.104. The van der Waals surface area contributed by atoms with E-state index in [1.807, 2.05) is 6.92 Å². The molecule has 5 heteroatoms. The number of aromatic nitrogens is 1. The van der Waals surface area contributed by atoms with Crippen LogP contribution in [-0.4, -0.2) is 31.1 Å². The SMILES string of the molecule is CC[Si](CC)(CC)OC(/C(C)=C/c1csc(C)n1)C(C)CO. The van der Waals surface area contributed by atoms with Crippen molar-refractivity contribution >= 4 is 25.7 Å². The van der Waals surface area contributed by atoms with E-state index in [-0.39, 0.29) is 18.6 Å². The Morgan fingerprint density at radius 1 is 1.36 bits per heavy atom. The Labute approximate surface area is 140 Å². The zero-order chi connectivity index (χ0) is 16.8. The molecule has 1 aromatic rings. The van der Waals surface area contributed by atoms with E-state index in [2.05, 4.69) is 51.1 Å². The fourth-order valence-electron chi connectivity index (χ4n) is 2.78. The summed E-state index contributed by atoms with van der Waals surface area (Å²) in [6.45, 7) is 13.0. The summed E-state index contributed by atoms with van der Waals surface area (Å²) in [4.78, 5) is 4.51. The van der Waals surface area contributed by atoms with Gasteiger partial charge >= 0.3 is 0 Å². The highest BCUT2D eigenvalue weighted by Crippen LogP contribution is 2.29. The molecule has 2 unspecified atom stereocenters. The molecule has 0 radical (unpaired) electrons. The van der Waals surface area contributed by atoms with Crippen molar-refractivity contribution in [3.05, 3.63) is 21.7 Å². The topological polar surface area (TPSA) is 42.4 Å². The smallest absolute Gasteiger partial charge is 0.192 e. The van der Waals surface area contributed by atoms with E-state index in [1.54, 1.807) is 11.3 Å². The highest BCUT2D eigenvalue weighted by molar-refractivity contribution is 7.09. The van der Waals surface area contributed by atoms with Gasteiger partial charge < -0.3 is 9.53 Å². The first-order valence-electron chi connectivity index (χ1n) is 8.30. The molecule has 2 atom stereocenters. The van der Waals surface area contributed by atoms with Gasteiger partial charge in [0.15, 0.2) is 8.32 Å². The molecule has 0 aliphatic rings. The maximum atomic E-state index is 9.63. The number of aryl methyl sites for hydroxylation is 1. The molecule has 126 valence electrons. The second-order valence-corrected chi connectivity index (χ2v) is 11.9. The van der Waals surface area contributed by atoms with Gasteiger partial charge in [-0.15, -0.1) is 11.3 Å². The normalized spacial score (nSPS) is 15.9. The van der Waals surface area contributed by atoms with Gasteiger partial charge in [0.25, 0.3) is 0 Å². The van der Waals surface area contributed by atoms with E-state index in [4.69, 9.17) is 4.43 Å². The van der Waals surface area contributed by atoms with Gasteiger partial charge in [0, 0.05) is 17.9 Å². The fourth-order valence-corrected chi connectivity index (χ4v) is 6.31. The highest BCUT2D eigenvalue weighted by atomic mass is 32.1. The Kier molecular flexibility index (Phi) is 7.97. The quantitative estimate of drug-likeness (QED) is 0.651. The monoisotopic (exact) mass is 341 g/mol. The van der Waals surface area contributed by atoms with Crippen LogP contribution in [-0.2, 0) is 4.43 Å². The second kappa shape index (κ2) is 8.96. The Morgan fingerprint density at radius 3 is 2.36 bits per heavy atom. The Morgan fingerprint density at radius 2 is 1.95 bits per heavy atom. The molecule has 0 saturated carbocycles. The third kappa shape index (κ3) is 5.01. The zero-order valence-electron chi connectivity index (χ0n) is 14.8. The van der Waals surface area contributed by atoms with Gasteiger partial charge in [-0.3, -0.25) is 0 Å². The van der Waals surface area contributed by atoms with Crippen molar-refractivity contribution in [3.8, 4) is 0 Å². The molecular weight excluding hydrogens is 310 g/mol. The van der Waals surface area contributed by atoms with Crippen molar-refractivity contribution in [2.45, 2.75) is 65.8 Å². The number of hydrogen-bond donors (Lipinski definition) is 1. The van der Waals surface area contributed by atoms with Crippen LogP contribution in [0, 0.1) is 12.8 Å². The standard InChI is InChI=1S/C17H31NO2SSi/c1-7-22(8-2,9-3)20-17(14(5)11-19)13(4)10-16-12-21-15(6)18-16/h10,12,14,17,19H,7-9,11H2,1-6H3/b13-10+. The summed E-state index contributed by atoms with van der Waals surface area (Å²) in [7, 11) is -1.70. The molecule has 0 spiro atoms. The molecule has 0 bridgehead atoms. The van der Waals surface area contributed by atoms with Gasteiger partial charge in [-0.25, -0.2) is 4.98 Å². The van der Waals surface area contributed by atoms with Crippen molar-refractivity contribution in [1.29, 1.82) is 0 Å². The van der Waals surface area contributed by atoms with Crippen LogP contribution in [0.3, 0.4) is 0 Å². The number of hydrogen-bond acceptors (Lipinski definition) is 4. The molecule has 0 aliphatic heterocycles. The average Bonchev–Trinajstić information content (AvgIpc) is 2.93. The number of thiazole rings is 1. The predicted octanol–water partition coefficient (Wildman–Crippen LogP) is 4.87. The largest absolute Gasteiger partial charge is 0.410 e. The van der Waals surface area contributed by atoms with Crippen molar-refractivity contribution in [2.24, 2.45) is 5.92 Å². The molecule has 1 heterocycles. The number of nitrogens with zero attached hydrogens (tertiary/aromatic N) is 1. The average molecular weight is 342 g/mol. The fraction of sp³-hybridized carbons (Fsp3) is 0.706. The third-order valence-corrected chi connectivity index (χ3v) is 9.99. The van der Waals surface area contributed by atoms with E-state index in [0.29, 0.717) is 0 Å². The predicted molar refractivity (Wildman–Crippen MR) is 98.8 cm³/mol. The van der Waals surface area contributed by atoms with Gasteiger partial charge in [0.2, 0.25) is 0 Å². The molecular formula is C17H31NO2SSi. The van der Waals surface area contributed by atoms with E-state index >= 15 is 0 Å². The summed E-state index contributed by atoms with van der Waals surface area (Å²) in [5.41, 5.74) is 2.16. The van der Waals surface area contributed by atoms with E-state index in [0.717, 1.165) is 28.8 Å². The lowest BCUT2D eigenvalue weighted by Crippen LogP contribution is -2.43. The minimum atomic E-state index is -1.70. The van der Waals surface area contributed by atoms with Crippen LogP contribution in [0.5, 0.6) is 0 Å². The number of rotatable bonds is 9. The minimum absolute atomic E-state index is 0.0153. The van der Waals surface area contributed by atoms with Crippen molar-refractivity contribution in [1.82, 2.24) is 4.98 Å². The lowest BCUT2D eigenvalue weighted by atomic mass is 9.98. The molecule has 0 aliphatic carbocycles. The van der Waals surface area contributed by atoms with Crippen LogP contribution in [0.4, 0.5) is 0 Å². The summed E-state index contributed by atoms with van der Waals surface area (Å²) in [5, 5.41) is 12.8. The van der Waals surface area contributed by atoms with Crippen LogP contribution in [0.15, 0.2) is 11.0 Å². The molecule has 0 saturated heterocycles. The third-order valence-electron chi connectivity index (χ3n) is 4.58.